The largest absolute Gasteiger partial charge is 0.342 e. The standard InChI is InChI=1S/C20H22N4OS/c1-16-8-10-17(11-9-16)26-13-5-12-23(2)20(25)18-6-3-4-7-19(18)24-14-21-22-15-24/h3-4,6-11,14-15H,5,12-13H2,1-2H3. The number of carbonyl (C=O) groups excluding carboxylic acids is 1. The molecule has 3 aromatic rings. The number of rotatable bonds is 7. The van der Waals surface area contributed by atoms with Gasteiger partial charge in [-0.25, -0.2) is 0 Å². The zero-order valence-electron chi connectivity index (χ0n) is 15.0. The van der Waals surface area contributed by atoms with E-state index in [1.807, 2.05) is 43.1 Å². The van der Waals surface area contributed by atoms with Crippen LogP contribution in [0.2, 0.25) is 0 Å². The third kappa shape index (κ3) is 4.52. The maximum atomic E-state index is 12.8. The van der Waals surface area contributed by atoms with Crippen molar-refractivity contribution in [3.8, 4) is 5.69 Å². The van der Waals surface area contributed by atoms with E-state index >= 15 is 0 Å². The van der Waals surface area contributed by atoms with Crippen molar-refractivity contribution >= 4 is 17.7 Å². The molecule has 134 valence electrons. The molecule has 0 spiro atoms. The summed E-state index contributed by atoms with van der Waals surface area (Å²) in [5, 5.41) is 7.65. The Labute approximate surface area is 158 Å². The van der Waals surface area contributed by atoms with Gasteiger partial charge in [0.2, 0.25) is 0 Å². The first kappa shape index (κ1) is 18.2. The summed E-state index contributed by atoms with van der Waals surface area (Å²) in [6.45, 7) is 2.81. The van der Waals surface area contributed by atoms with Gasteiger partial charge in [0, 0.05) is 18.5 Å². The summed E-state index contributed by atoms with van der Waals surface area (Å²) in [6, 6.07) is 16.1. The minimum Gasteiger partial charge on any atom is -0.342 e. The summed E-state index contributed by atoms with van der Waals surface area (Å²) in [7, 11) is 1.85. The number of nitrogens with zero attached hydrogens (tertiary/aromatic N) is 4. The van der Waals surface area contributed by atoms with Gasteiger partial charge in [0.05, 0.1) is 11.3 Å². The maximum Gasteiger partial charge on any atom is 0.255 e. The van der Waals surface area contributed by atoms with Gasteiger partial charge in [0.15, 0.2) is 0 Å². The van der Waals surface area contributed by atoms with E-state index in [1.54, 1.807) is 22.1 Å². The molecule has 6 heteroatoms. The van der Waals surface area contributed by atoms with Crippen LogP contribution in [0, 0.1) is 6.92 Å². The lowest BCUT2D eigenvalue weighted by Gasteiger charge is -2.19. The second-order valence-electron chi connectivity index (χ2n) is 6.13. The van der Waals surface area contributed by atoms with Crippen LogP contribution in [0.25, 0.3) is 5.69 Å². The van der Waals surface area contributed by atoms with Gasteiger partial charge in [-0.3, -0.25) is 9.36 Å². The van der Waals surface area contributed by atoms with Gasteiger partial charge in [-0.05, 0) is 43.4 Å². The van der Waals surface area contributed by atoms with E-state index in [1.165, 1.54) is 10.5 Å². The lowest BCUT2D eigenvalue weighted by atomic mass is 10.1. The predicted molar refractivity (Wildman–Crippen MR) is 105 cm³/mol. The highest BCUT2D eigenvalue weighted by atomic mass is 32.2. The lowest BCUT2D eigenvalue weighted by molar-refractivity contribution is 0.0795. The topological polar surface area (TPSA) is 51.0 Å². The second-order valence-corrected chi connectivity index (χ2v) is 7.30. The van der Waals surface area contributed by atoms with E-state index in [0.717, 1.165) is 17.9 Å². The molecule has 1 amide bonds. The molecule has 0 aliphatic carbocycles. The number of carbonyl (C=O) groups is 1. The summed E-state index contributed by atoms with van der Waals surface area (Å²) in [4.78, 5) is 15.9. The second kappa shape index (κ2) is 8.67. The Morgan fingerprint density at radius 1 is 1.08 bits per heavy atom. The minimum atomic E-state index is 0.00892. The molecule has 26 heavy (non-hydrogen) atoms. The van der Waals surface area contributed by atoms with Crippen molar-refractivity contribution in [2.75, 3.05) is 19.3 Å². The van der Waals surface area contributed by atoms with Crippen LogP contribution >= 0.6 is 11.8 Å². The Hall–Kier alpha value is -2.60. The SMILES string of the molecule is Cc1ccc(SCCCN(C)C(=O)c2ccccc2-n2cnnc2)cc1. The number of hydrogen-bond acceptors (Lipinski definition) is 4. The summed E-state index contributed by atoms with van der Waals surface area (Å²) in [6.07, 6.45) is 4.14. The van der Waals surface area contributed by atoms with Crippen LogP contribution in [0.5, 0.6) is 0 Å². The molecular weight excluding hydrogens is 344 g/mol. The summed E-state index contributed by atoms with van der Waals surface area (Å²) in [5.41, 5.74) is 2.72. The number of benzene rings is 2. The van der Waals surface area contributed by atoms with Gasteiger partial charge in [-0.2, -0.15) is 0 Å². The third-order valence-corrected chi connectivity index (χ3v) is 5.20. The molecule has 0 fully saturated rings. The molecule has 1 aromatic heterocycles. The lowest BCUT2D eigenvalue weighted by Crippen LogP contribution is -2.29. The zero-order chi connectivity index (χ0) is 18.4. The summed E-state index contributed by atoms with van der Waals surface area (Å²) >= 11 is 1.82. The maximum absolute atomic E-state index is 12.8. The quantitative estimate of drug-likeness (QED) is 0.471. The Morgan fingerprint density at radius 2 is 1.77 bits per heavy atom. The molecule has 0 saturated heterocycles. The number of aryl methyl sites for hydroxylation is 1. The fourth-order valence-corrected chi connectivity index (χ4v) is 3.48. The number of para-hydroxylation sites is 1. The van der Waals surface area contributed by atoms with E-state index < -0.39 is 0 Å². The predicted octanol–water partition coefficient (Wildman–Crippen LogP) is 3.83. The van der Waals surface area contributed by atoms with Crippen molar-refractivity contribution in [2.24, 2.45) is 0 Å². The smallest absolute Gasteiger partial charge is 0.255 e. The van der Waals surface area contributed by atoms with Crippen molar-refractivity contribution < 1.29 is 4.79 Å². The Morgan fingerprint density at radius 3 is 2.50 bits per heavy atom. The van der Waals surface area contributed by atoms with Crippen molar-refractivity contribution in [1.82, 2.24) is 19.7 Å². The summed E-state index contributed by atoms with van der Waals surface area (Å²) in [5.74, 6) is 0.989. The molecule has 1 heterocycles. The van der Waals surface area contributed by atoms with Gasteiger partial charge >= 0.3 is 0 Å². The van der Waals surface area contributed by atoms with Crippen LogP contribution in [-0.4, -0.2) is 44.9 Å². The molecule has 0 bridgehead atoms. The molecule has 2 aromatic carbocycles. The zero-order valence-corrected chi connectivity index (χ0v) is 15.8. The average Bonchev–Trinajstić information content (AvgIpc) is 3.20. The van der Waals surface area contributed by atoms with Crippen molar-refractivity contribution in [3.05, 3.63) is 72.3 Å². The van der Waals surface area contributed by atoms with Crippen molar-refractivity contribution in [3.63, 3.8) is 0 Å². The van der Waals surface area contributed by atoms with Gasteiger partial charge in [0.25, 0.3) is 5.91 Å². The molecule has 0 unspecified atom stereocenters. The first-order valence-electron chi connectivity index (χ1n) is 8.54. The normalized spacial score (nSPS) is 10.7. The molecule has 0 aliphatic rings. The fourth-order valence-electron chi connectivity index (χ4n) is 2.64. The van der Waals surface area contributed by atoms with E-state index in [9.17, 15) is 4.79 Å². The van der Waals surface area contributed by atoms with E-state index in [-0.39, 0.29) is 5.91 Å². The fraction of sp³-hybridized carbons (Fsp3) is 0.250. The van der Waals surface area contributed by atoms with Crippen molar-refractivity contribution in [2.45, 2.75) is 18.2 Å². The van der Waals surface area contributed by atoms with Gasteiger partial charge in [-0.15, -0.1) is 22.0 Å². The average molecular weight is 366 g/mol. The highest BCUT2D eigenvalue weighted by Gasteiger charge is 2.16. The van der Waals surface area contributed by atoms with Crippen LogP contribution in [-0.2, 0) is 0 Å². The molecule has 0 atom stereocenters. The Kier molecular flexibility index (Phi) is 6.07. The van der Waals surface area contributed by atoms with E-state index in [0.29, 0.717) is 12.1 Å². The third-order valence-electron chi connectivity index (χ3n) is 4.11. The monoisotopic (exact) mass is 366 g/mol. The van der Waals surface area contributed by atoms with Gasteiger partial charge in [-0.1, -0.05) is 29.8 Å². The molecule has 0 N–H and O–H groups in total. The number of thioether (sulfide) groups is 1. The molecule has 0 saturated carbocycles. The highest BCUT2D eigenvalue weighted by Crippen LogP contribution is 2.20. The van der Waals surface area contributed by atoms with Gasteiger partial charge < -0.3 is 4.90 Å². The van der Waals surface area contributed by atoms with E-state index in [4.69, 9.17) is 0 Å². The number of amides is 1. The van der Waals surface area contributed by atoms with Crippen molar-refractivity contribution in [1.29, 1.82) is 0 Å². The van der Waals surface area contributed by atoms with Crippen LogP contribution in [0.1, 0.15) is 22.3 Å². The number of aromatic nitrogens is 3. The molecule has 5 nitrogen and oxygen atoms in total. The van der Waals surface area contributed by atoms with Crippen LogP contribution < -0.4 is 0 Å². The molecular formula is C20H22N4OS. The van der Waals surface area contributed by atoms with Crippen LogP contribution in [0.15, 0.2) is 66.1 Å². The Bertz CT molecular complexity index is 847. The molecule has 3 rings (SSSR count). The van der Waals surface area contributed by atoms with Gasteiger partial charge in [0.1, 0.15) is 12.7 Å². The van der Waals surface area contributed by atoms with E-state index in [2.05, 4.69) is 41.4 Å². The minimum absolute atomic E-state index is 0.00892. The number of hydrogen-bond donors (Lipinski definition) is 0. The molecule has 0 aliphatic heterocycles. The first-order chi connectivity index (χ1) is 12.6. The molecule has 0 radical (unpaired) electrons. The van der Waals surface area contributed by atoms with Crippen LogP contribution in [0.4, 0.5) is 0 Å². The highest BCUT2D eigenvalue weighted by molar-refractivity contribution is 7.99. The van der Waals surface area contributed by atoms with Crippen LogP contribution in [0.3, 0.4) is 0 Å². The summed E-state index contributed by atoms with van der Waals surface area (Å²) < 4.78 is 1.76. The first-order valence-corrected chi connectivity index (χ1v) is 9.52. The Balaban J connectivity index is 1.56.